The second-order valence-electron chi connectivity index (χ2n) is 6.53. The number of anilines is 1. The largest absolute Gasteiger partial charge is 0.338 e. The molecule has 2 aliphatic rings. The zero-order chi connectivity index (χ0) is 16.6. The van der Waals surface area contributed by atoms with Crippen molar-refractivity contribution < 1.29 is 14.4 Å². The minimum atomic E-state index is -0.481. The second-order valence-corrected chi connectivity index (χ2v) is 6.53. The fraction of sp³-hybridized carbons (Fsp3) is 0.500. The normalized spacial score (nSPS) is 20.3. The zero-order valence-electron chi connectivity index (χ0n) is 13.7. The number of aryl methyl sites for hydroxylation is 2. The number of hydrogen-bond donors (Lipinski definition) is 0. The van der Waals surface area contributed by atoms with Gasteiger partial charge in [-0.2, -0.15) is 0 Å². The quantitative estimate of drug-likeness (QED) is 0.787. The Kier molecular flexibility index (Phi) is 4.20. The van der Waals surface area contributed by atoms with Gasteiger partial charge in [0.1, 0.15) is 6.42 Å². The van der Waals surface area contributed by atoms with E-state index in [0.29, 0.717) is 5.69 Å². The van der Waals surface area contributed by atoms with Crippen molar-refractivity contribution in [1.82, 2.24) is 4.90 Å². The first-order valence-corrected chi connectivity index (χ1v) is 8.25. The number of hydrogen-bond acceptors (Lipinski definition) is 3. The summed E-state index contributed by atoms with van der Waals surface area (Å²) in [5, 5.41) is 0. The van der Waals surface area contributed by atoms with Gasteiger partial charge in [-0.15, -0.1) is 0 Å². The van der Waals surface area contributed by atoms with Crippen LogP contribution in [0.3, 0.4) is 0 Å². The Morgan fingerprint density at radius 2 is 1.65 bits per heavy atom. The van der Waals surface area contributed by atoms with Crippen molar-refractivity contribution in [2.45, 2.75) is 58.4 Å². The van der Waals surface area contributed by atoms with Crippen LogP contribution in [-0.2, 0) is 9.59 Å². The van der Waals surface area contributed by atoms with E-state index in [2.05, 4.69) is 0 Å². The van der Waals surface area contributed by atoms with Crippen molar-refractivity contribution >= 4 is 23.5 Å². The van der Waals surface area contributed by atoms with E-state index in [1.165, 1.54) is 9.80 Å². The third-order valence-electron chi connectivity index (χ3n) is 4.75. The first-order chi connectivity index (χ1) is 11.0. The summed E-state index contributed by atoms with van der Waals surface area (Å²) in [4.78, 5) is 40.0. The number of imide groups is 2. The summed E-state index contributed by atoms with van der Waals surface area (Å²) in [6.45, 7) is 3.85. The van der Waals surface area contributed by atoms with Gasteiger partial charge in [-0.1, -0.05) is 37.0 Å². The van der Waals surface area contributed by atoms with Gasteiger partial charge in [0.2, 0.25) is 11.8 Å². The number of carbonyl (C=O) groups is 3. The maximum atomic E-state index is 12.9. The maximum Gasteiger partial charge on any atom is 0.338 e. The number of urea groups is 1. The standard InChI is InChI=1S/C18H22N2O3/c1-12-8-9-15(13(2)10-12)20-17(22)11-16(21)19(18(20)23)14-6-4-3-5-7-14/h8-10,14H,3-7,11H2,1-2H3. The molecule has 1 saturated heterocycles. The van der Waals surface area contributed by atoms with Gasteiger partial charge < -0.3 is 0 Å². The van der Waals surface area contributed by atoms with Gasteiger partial charge in [0.05, 0.1) is 5.69 Å². The summed E-state index contributed by atoms with van der Waals surface area (Å²) in [6, 6.07) is 5.06. The molecular formula is C18H22N2O3. The number of barbiturate groups is 1. The molecule has 0 radical (unpaired) electrons. The monoisotopic (exact) mass is 314 g/mol. The van der Waals surface area contributed by atoms with Crippen molar-refractivity contribution in [2.24, 2.45) is 0 Å². The van der Waals surface area contributed by atoms with E-state index in [9.17, 15) is 14.4 Å². The average Bonchev–Trinajstić information content (AvgIpc) is 2.50. The van der Waals surface area contributed by atoms with Crippen LogP contribution in [0.4, 0.5) is 10.5 Å². The molecule has 0 N–H and O–H groups in total. The average molecular weight is 314 g/mol. The lowest BCUT2D eigenvalue weighted by atomic mass is 9.93. The van der Waals surface area contributed by atoms with Gasteiger partial charge >= 0.3 is 6.03 Å². The van der Waals surface area contributed by atoms with Crippen molar-refractivity contribution in [3.05, 3.63) is 29.3 Å². The minimum absolute atomic E-state index is 0.0647. The maximum absolute atomic E-state index is 12.9. The van der Waals surface area contributed by atoms with Gasteiger partial charge in [-0.05, 0) is 38.3 Å². The summed E-state index contributed by atoms with van der Waals surface area (Å²) in [5.74, 6) is -0.785. The Labute approximate surface area is 136 Å². The molecule has 0 atom stereocenters. The van der Waals surface area contributed by atoms with E-state index >= 15 is 0 Å². The van der Waals surface area contributed by atoms with Crippen LogP contribution >= 0.6 is 0 Å². The topological polar surface area (TPSA) is 57.7 Å². The summed E-state index contributed by atoms with van der Waals surface area (Å²) >= 11 is 0. The number of carbonyl (C=O) groups excluding carboxylic acids is 3. The smallest absolute Gasteiger partial charge is 0.274 e. The number of rotatable bonds is 2. The van der Waals surface area contributed by atoms with Crippen LogP contribution < -0.4 is 4.90 Å². The highest BCUT2D eigenvalue weighted by Crippen LogP contribution is 2.30. The van der Waals surface area contributed by atoms with Crippen LogP contribution in [0.25, 0.3) is 0 Å². The van der Waals surface area contributed by atoms with Gasteiger partial charge in [0.25, 0.3) is 0 Å². The SMILES string of the molecule is Cc1ccc(N2C(=O)CC(=O)N(C3CCCCC3)C2=O)c(C)c1. The molecule has 1 aliphatic carbocycles. The molecule has 2 fully saturated rings. The third kappa shape index (κ3) is 2.87. The molecule has 122 valence electrons. The zero-order valence-corrected chi connectivity index (χ0v) is 13.7. The third-order valence-corrected chi connectivity index (χ3v) is 4.75. The lowest BCUT2D eigenvalue weighted by Crippen LogP contribution is -2.59. The Bertz CT molecular complexity index is 662. The molecule has 3 rings (SSSR count). The molecule has 0 spiro atoms. The van der Waals surface area contributed by atoms with Gasteiger partial charge in [0, 0.05) is 6.04 Å². The Hall–Kier alpha value is -2.17. The molecule has 1 heterocycles. The van der Waals surface area contributed by atoms with Crippen LogP contribution in [0.2, 0.25) is 0 Å². The first kappa shape index (κ1) is 15.7. The molecule has 0 aromatic heterocycles. The molecule has 5 heteroatoms. The Balaban J connectivity index is 1.94. The number of amides is 4. The Morgan fingerprint density at radius 1 is 0.957 bits per heavy atom. The molecule has 23 heavy (non-hydrogen) atoms. The first-order valence-electron chi connectivity index (χ1n) is 8.25. The minimum Gasteiger partial charge on any atom is -0.274 e. The van der Waals surface area contributed by atoms with Crippen molar-refractivity contribution in [2.75, 3.05) is 4.90 Å². The fourth-order valence-corrected chi connectivity index (χ4v) is 3.61. The van der Waals surface area contributed by atoms with Crippen LogP contribution in [0.1, 0.15) is 49.7 Å². The molecule has 0 unspecified atom stereocenters. The van der Waals surface area contributed by atoms with Crippen LogP contribution in [0.5, 0.6) is 0 Å². The van der Waals surface area contributed by atoms with E-state index in [0.717, 1.165) is 43.2 Å². The molecule has 1 aromatic rings. The van der Waals surface area contributed by atoms with Crippen LogP contribution in [0, 0.1) is 13.8 Å². The molecule has 4 amide bonds. The Morgan fingerprint density at radius 3 is 2.30 bits per heavy atom. The van der Waals surface area contributed by atoms with Gasteiger partial charge in [-0.25, -0.2) is 9.69 Å². The highest BCUT2D eigenvalue weighted by atomic mass is 16.2. The molecule has 1 aliphatic heterocycles. The van der Waals surface area contributed by atoms with Crippen molar-refractivity contribution in [3.8, 4) is 0 Å². The predicted octanol–water partition coefficient (Wildman–Crippen LogP) is 3.32. The molecule has 1 aromatic carbocycles. The van der Waals surface area contributed by atoms with E-state index in [1.807, 2.05) is 26.0 Å². The van der Waals surface area contributed by atoms with Gasteiger partial charge in [-0.3, -0.25) is 14.5 Å². The van der Waals surface area contributed by atoms with E-state index < -0.39 is 11.9 Å². The summed E-state index contributed by atoms with van der Waals surface area (Å²) in [5.41, 5.74) is 2.52. The highest BCUT2D eigenvalue weighted by Gasteiger charge is 2.42. The summed E-state index contributed by atoms with van der Waals surface area (Å²) in [7, 11) is 0. The van der Waals surface area contributed by atoms with Crippen molar-refractivity contribution in [3.63, 3.8) is 0 Å². The highest BCUT2D eigenvalue weighted by molar-refractivity contribution is 6.26. The van der Waals surface area contributed by atoms with E-state index in [1.54, 1.807) is 6.07 Å². The fourth-order valence-electron chi connectivity index (χ4n) is 3.61. The van der Waals surface area contributed by atoms with Crippen molar-refractivity contribution in [1.29, 1.82) is 0 Å². The predicted molar refractivity (Wildman–Crippen MR) is 87.1 cm³/mol. The molecular weight excluding hydrogens is 292 g/mol. The lowest BCUT2D eigenvalue weighted by Gasteiger charge is -2.39. The van der Waals surface area contributed by atoms with E-state index in [-0.39, 0.29) is 18.4 Å². The number of benzene rings is 1. The van der Waals surface area contributed by atoms with Gasteiger partial charge in [0.15, 0.2) is 0 Å². The molecule has 5 nitrogen and oxygen atoms in total. The number of nitrogens with zero attached hydrogens (tertiary/aromatic N) is 2. The lowest BCUT2D eigenvalue weighted by molar-refractivity contribution is -0.136. The summed E-state index contributed by atoms with van der Waals surface area (Å²) in [6.07, 6.45) is 4.65. The van der Waals surface area contributed by atoms with E-state index in [4.69, 9.17) is 0 Å². The summed E-state index contributed by atoms with van der Waals surface area (Å²) < 4.78 is 0. The van der Waals surface area contributed by atoms with Crippen LogP contribution in [0.15, 0.2) is 18.2 Å². The van der Waals surface area contributed by atoms with Crippen LogP contribution in [-0.4, -0.2) is 28.8 Å². The molecule has 1 saturated carbocycles. The molecule has 0 bridgehead atoms. The second kappa shape index (κ2) is 6.14.